The van der Waals surface area contributed by atoms with Crippen LogP contribution in [0.25, 0.3) is 22.3 Å². The fourth-order valence-corrected chi connectivity index (χ4v) is 3.55. The van der Waals surface area contributed by atoms with Crippen LogP contribution in [0.3, 0.4) is 0 Å². The molecule has 0 spiro atoms. The monoisotopic (exact) mass is 455 g/mol. The zero-order valence-electron chi connectivity index (χ0n) is 19.1. The second kappa shape index (κ2) is 10.2. The Bertz CT molecular complexity index is 1400. The Kier molecular flexibility index (Phi) is 6.87. The van der Waals surface area contributed by atoms with Crippen LogP contribution < -0.4 is 10.7 Å². The first kappa shape index (κ1) is 23.0. The van der Waals surface area contributed by atoms with Crippen LogP contribution in [0.5, 0.6) is 0 Å². The molecule has 0 atom stereocenters. The molecule has 6 heteroatoms. The molecule has 0 unspecified atom stereocenters. The minimum absolute atomic E-state index is 0.121. The quantitative estimate of drug-likeness (QED) is 0.274. The molecule has 0 aliphatic carbocycles. The van der Waals surface area contributed by atoms with Gasteiger partial charge in [0.05, 0.1) is 23.2 Å². The van der Waals surface area contributed by atoms with Gasteiger partial charge in [-0.3, -0.25) is 9.59 Å². The van der Waals surface area contributed by atoms with E-state index >= 15 is 0 Å². The lowest BCUT2D eigenvalue weighted by atomic mass is 10.1. The Morgan fingerprint density at radius 2 is 1.74 bits per heavy atom. The number of amides is 1. The van der Waals surface area contributed by atoms with Crippen molar-refractivity contribution in [1.82, 2.24) is 0 Å². The number of rotatable bonds is 7. The summed E-state index contributed by atoms with van der Waals surface area (Å²) >= 11 is 0. The smallest absolute Gasteiger partial charge is 0.340 e. The highest BCUT2D eigenvalue weighted by molar-refractivity contribution is 6.08. The van der Waals surface area contributed by atoms with Crippen LogP contribution in [0.15, 0.2) is 82.0 Å². The summed E-state index contributed by atoms with van der Waals surface area (Å²) in [5.41, 5.74) is 3.14. The number of esters is 1. The number of ether oxygens (including phenoxy) is 1. The lowest BCUT2D eigenvalue weighted by molar-refractivity contribution is 0.0501. The van der Waals surface area contributed by atoms with E-state index in [1.165, 1.54) is 6.07 Å². The maximum atomic E-state index is 12.8. The number of aryl methyl sites for hydroxylation is 1. The molecule has 34 heavy (non-hydrogen) atoms. The normalized spacial score (nSPS) is 10.8. The largest absolute Gasteiger partial charge is 0.462 e. The molecule has 4 rings (SSSR count). The molecule has 1 aromatic heterocycles. The van der Waals surface area contributed by atoms with Crippen molar-refractivity contribution in [3.05, 3.63) is 99.7 Å². The third-order valence-electron chi connectivity index (χ3n) is 5.44. The van der Waals surface area contributed by atoms with E-state index in [2.05, 4.69) is 5.32 Å². The molecule has 1 heterocycles. The average molecular weight is 456 g/mol. The van der Waals surface area contributed by atoms with Crippen molar-refractivity contribution in [2.75, 3.05) is 11.9 Å². The maximum absolute atomic E-state index is 12.8. The fraction of sp³-hybridized carbons (Fsp3) is 0.179. The van der Waals surface area contributed by atoms with Gasteiger partial charge < -0.3 is 14.5 Å². The summed E-state index contributed by atoms with van der Waals surface area (Å²) in [5.74, 6) is -0.412. The van der Waals surface area contributed by atoms with E-state index in [1.54, 1.807) is 60.7 Å². The number of anilines is 1. The van der Waals surface area contributed by atoms with E-state index in [1.807, 2.05) is 19.9 Å². The zero-order valence-corrected chi connectivity index (χ0v) is 19.1. The van der Waals surface area contributed by atoms with Crippen LogP contribution >= 0.6 is 0 Å². The van der Waals surface area contributed by atoms with E-state index in [0.717, 1.165) is 18.4 Å². The van der Waals surface area contributed by atoms with Crippen molar-refractivity contribution in [3.63, 3.8) is 0 Å². The van der Waals surface area contributed by atoms with Gasteiger partial charge in [-0.15, -0.1) is 0 Å². The van der Waals surface area contributed by atoms with Crippen molar-refractivity contribution >= 4 is 28.5 Å². The van der Waals surface area contributed by atoms with Crippen molar-refractivity contribution in [2.45, 2.75) is 26.7 Å². The summed E-state index contributed by atoms with van der Waals surface area (Å²) in [6.07, 6.45) is 1.70. The molecule has 6 nitrogen and oxygen atoms in total. The number of hydrogen-bond acceptors (Lipinski definition) is 5. The van der Waals surface area contributed by atoms with Crippen molar-refractivity contribution in [2.24, 2.45) is 0 Å². The van der Waals surface area contributed by atoms with E-state index < -0.39 is 5.97 Å². The maximum Gasteiger partial charge on any atom is 0.340 e. The second-order valence-electron chi connectivity index (χ2n) is 8.04. The molecule has 0 aliphatic rings. The van der Waals surface area contributed by atoms with Gasteiger partial charge in [0.15, 0.2) is 5.43 Å². The second-order valence-corrected chi connectivity index (χ2v) is 8.04. The van der Waals surface area contributed by atoms with Gasteiger partial charge in [-0.25, -0.2) is 4.79 Å². The van der Waals surface area contributed by atoms with Crippen molar-refractivity contribution < 1.29 is 18.7 Å². The SMILES string of the molecule is CCCCOC(=O)c1ccccc1NC(=O)c1ccc(-c2cc(=O)c3cc(C)ccc3o2)cc1. The summed E-state index contributed by atoms with van der Waals surface area (Å²) in [6.45, 7) is 4.27. The molecule has 0 radical (unpaired) electrons. The highest BCUT2D eigenvalue weighted by atomic mass is 16.5. The Morgan fingerprint density at radius 3 is 2.50 bits per heavy atom. The highest BCUT2D eigenvalue weighted by Crippen LogP contribution is 2.24. The summed E-state index contributed by atoms with van der Waals surface area (Å²) in [7, 11) is 0. The summed E-state index contributed by atoms with van der Waals surface area (Å²) < 4.78 is 11.2. The van der Waals surface area contributed by atoms with E-state index in [0.29, 0.717) is 45.7 Å². The summed E-state index contributed by atoms with van der Waals surface area (Å²) in [4.78, 5) is 37.7. The van der Waals surface area contributed by atoms with Gasteiger partial charge in [0.25, 0.3) is 5.91 Å². The Morgan fingerprint density at radius 1 is 0.971 bits per heavy atom. The van der Waals surface area contributed by atoms with Crippen LogP contribution in [0.1, 0.15) is 46.0 Å². The van der Waals surface area contributed by atoms with Crippen molar-refractivity contribution in [3.8, 4) is 11.3 Å². The lowest BCUT2D eigenvalue weighted by Crippen LogP contribution is -2.16. The van der Waals surface area contributed by atoms with Gasteiger partial charge in [-0.05, 0) is 49.7 Å². The molecule has 4 aromatic rings. The van der Waals surface area contributed by atoms with Crippen LogP contribution in [-0.4, -0.2) is 18.5 Å². The number of carbonyl (C=O) groups excluding carboxylic acids is 2. The number of unbranched alkanes of at least 4 members (excludes halogenated alkanes) is 1. The molecule has 0 saturated carbocycles. The fourth-order valence-electron chi connectivity index (χ4n) is 3.55. The number of benzene rings is 3. The number of para-hydroxylation sites is 1. The lowest BCUT2D eigenvalue weighted by Gasteiger charge is -2.11. The number of fused-ring (bicyclic) bond motifs is 1. The minimum Gasteiger partial charge on any atom is -0.462 e. The predicted molar refractivity (Wildman–Crippen MR) is 132 cm³/mol. The van der Waals surface area contributed by atoms with Gasteiger partial charge in [-0.2, -0.15) is 0 Å². The first-order valence-electron chi connectivity index (χ1n) is 11.2. The van der Waals surface area contributed by atoms with Gasteiger partial charge >= 0.3 is 5.97 Å². The molecule has 0 bridgehead atoms. The summed E-state index contributed by atoms with van der Waals surface area (Å²) in [5, 5.41) is 3.32. The highest BCUT2D eigenvalue weighted by Gasteiger charge is 2.16. The Hall–Kier alpha value is -4.19. The first-order valence-corrected chi connectivity index (χ1v) is 11.2. The van der Waals surface area contributed by atoms with Crippen molar-refractivity contribution in [1.29, 1.82) is 0 Å². The van der Waals surface area contributed by atoms with Crippen LogP contribution in [-0.2, 0) is 4.74 Å². The Labute approximate surface area is 197 Å². The van der Waals surface area contributed by atoms with Gasteiger partial charge in [0.2, 0.25) is 0 Å². The van der Waals surface area contributed by atoms with Gasteiger partial charge in [0.1, 0.15) is 11.3 Å². The van der Waals surface area contributed by atoms with E-state index in [-0.39, 0.29) is 11.3 Å². The number of hydrogen-bond donors (Lipinski definition) is 1. The topological polar surface area (TPSA) is 85.6 Å². The predicted octanol–water partition coefficient (Wildman–Crippen LogP) is 5.98. The molecule has 172 valence electrons. The van der Waals surface area contributed by atoms with Gasteiger partial charge in [0, 0.05) is 17.2 Å². The van der Waals surface area contributed by atoms with Crippen LogP contribution in [0, 0.1) is 6.92 Å². The molecular formula is C28H25NO5. The number of nitrogens with one attached hydrogen (secondary N) is 1. The molecule has 0 fully saturated rings. The zero-order chi connectivity index (χ0) is 24.1. The Balaban J connectivity index is 1.53. The molecule has 1 amide bonds. The molecule has 1 N–H and O–H groups in total. The van der Waals surface area contributed by atoms with Crippen LogP contribution in [0.4, 0.5) is 5.69 Å². The van der Waals surface area contributed by atoms with Crippen LogP contribution in [0.2, 0.25) is 0 Å². The third kappa shape index (κ3) is 5.07. The molecule has 3 aromatic carbocycles. The standard InChI is InChI=1S/C28H25NO5/c1-3-4-15-33-28(32)21-7-5-6-8-23(21)29-27(31)20-12-10-19(11-13-20)26-17-24(30)22-16-18(2)9-14-25(22)34-26/h5-14,16-17H,3-4,15H2,1-2H3,(H,29,31). The average Bonchev–Trinajstić information content (AvgIpc) is 2.85. The molecular weight excluding hydrogens is 430 g/mol. The number of carbonyl (C=O) groups is 2. The third-order valence-corrected chi connectivity index (χ3v) is 5.44. The van der Waals surface area contributed by atoms with E-state index in [9.17, 15) is 14.4 Å². The van der Waals surface area contributed by atoms with Gasteiger partial charge in [-0.1, -0.05) is 49.2 Å². The van der Waals surface area contributed by atoms with E-state index in [4.69, 9.17) is 9.15 Å². The minimum atomic E-state index is -0.471. The molecule has 0 aliphatic heterocycles. The first-order chi connectivity index (χ1) is 16.5. The molecule has 0 saturated heterocycles. The summed E-state index contributed by atoms with van der Waals surface area (Å²) in [6, 6.07) is 20.4.